The summed E-state index contributed by atoms with van der Waals surface area (Å²) in [5.41, 5.74) is 0. The molecule has 0 fully saturated rings. The standard InChI is InChI=1S/C12H10S.C2H6S2/c1-3-7-11(8-4-1)13-12-9-5-2-6-10-12;1-3-4-2/h1-10H;1-2H3. The summed E-state index contributed by atoms with van der Waals surface area (Å²) in [7, 11) is 3.55. The predicted molar refractivity (Wildman–Crippen MR) is 84.0 cm³/mol. The minimum atomic E-state index is 1.29. The van der Waals surface area contributed by atoms with Gasteiger partial charge in [-0.05, 0) is 36.8 Å². The van der Waals surface area contributed by atoms with E-state index in [2.05, 4.69) is 61.0 Å². The highest BCUT2D eigenvalue weighted by Crippen LogP contribution is 2.26. The molecule has 0 spiro atoms. The largest absolute Gasteiger partial charge is 0.0979 e. The zero-order valence-corrected chi connectivity index (χ0v) is 12.4. The first kappa shape index (κ1) is 14.6. The SMILES string of the molecule is CSSC.c1ccc(Sc2ccccc2)cc1. The number of benzene rings is 2. The fraction of sp³-hybridized carbons (Fsp3) is 0.143. The molecule has 0 aromatic heterocycles. The molecule has 0 aliphatic heterocycles. The van der Waals surface area contributed by atoms with Crippen LogP contribution in [0.5, 0.6) is 0 Å². The van der Waals surface area contributed by atoms with E-state index < -0.39 is 0 Å². The molecule has 0 radical (unpaired) electrons. The van der Waals surface area contributed by atoms with Crippen molar-refractivity contribution in [1.82, 2.24) is 0 Å². The Balaban J connectivity index is 0.000000317. The molecular formula is C14H16S3. The second kappa shape index (κ2) is 9.51. The van der Waals surface area contributed by atoms with Gasteiger partial charge in [0.1, 0.15) is 0 Å². The van der Waals surface area contributed by atoms with Crippen LogP contribution in [0.2, 0.25) is 0 Å². The molecule has 0 unspecified atom stereocenters. The molecule has 0 heterocycles. The van der Waals surface area contributed by atoms with Gasteiger partial charge in [-0.25, -0.2) is 0 Å². The predicted octanol–water partition coefficient (Wildman–Crippen LogP) is 5.47. The van der Waals surface area contributed by atoms with Gasteiger partial charge >= 0.3 is 0 Å². The quantitative estimate of drug-likeness (QED) is 0.685. The molecule has 0 saturated carbocycles. The van der Waals surface area contributed by atoms with Crippen molar-refractivity contribution in [3.8, 4) is 0 Å². The lowest BCUT2D eigenvalue weighted by molar-refractivity contribution is 1.41. The first-order valence-electron chi connectivity index (χ1n) is 5.21. The van der Waals surface area contributed by atoms with Crippen molar-refractivity contribution in [2.75, 3.05) is 12.5 Å². The Morgan fingerprint density at radius 3 is 1.24 bits per heavy atom. The maximum absolute atomic E-state index is 2.12. The van der Waals surface area contributed by atoms with Crippen LogP contribution in [0.1, 0.15) is 0 Å². The Labute approximate surface area is 116 Å². The monoisotopic (exact) mass is 280 g/mol. The third-order valence-electron chi connectivity index (χ3n) is 1.89. The summed E-state index contributed by atoms with van der Waals surface area (Å²) in [5.74, 6) is 0. The van der Waals surface area contributed by atoms with Gasteiger partial charge in [-0.1, -0.05) is 69.7 Å². The van der Waals surface area contributed by atoms with Gasteiger partial charge in [-0.3, -0.25) is 0 Å². The molecule has 0 atom stereocenters. The molecular weight excluding hydrogens is 264 g/mol. The Kier molecular flexibility index (Phi) is 8.14. The summed E-state index contributed by atoms with van der Waals surface area (Å²) < 4.78 is 0. The Bertz CT molecular complexity index is 347. The van der Waals surface area contributed by atoms with Gasteiger partial charge in [0.25, 0.3) is 0 Å². The van der Waals surface area contributed by atoms with Crippen LogP contribution < -0.4 is 0 Å². The molecule has 0 N–H and O–H groups in total. The van der Waals surface area contributed by atoms with Crippen molar-refractivity contribution >= 4 is 33.3 Å². The van der Waals surface area contributed by atoms with Crippen molar-refractivity contribution in [2.24, 2.45) is 0 Å². The molecule has 2 aromatic rings. The van der Waals surface area contributed by atoms with Crippen LogP contribution in [0.4, 0.5) is 0 Å². The average Bonchev–Trinajstić information content (AvgIpc) is 2.41. The van der Waals surface area contributed by atoms with Crippen LogP contribution in [0.25, 0.3) is 0 Å². The molecule has 3 heteroatoms. The fourth-order valence-corrected chi connectivity index (χ4v) is 1.97. The van der Waals surface area contributed by atoms with Crippen LogP contribution >= 0.6 is 33.3 Å². The first-order chi connectivity index (χ1) is 8.36. The minimum Gasteiger partial charge on any atom is -0.0979 e. The molecule has 0 aliphatic carbocycles. The van der Waals surface area contributed by atoms with E-state index in [1.54, 1.807) is 33.3 Å². The van der Waals surface area contributed by atoms with Gasteiger partial charge in [0.05, 0.1) is 0 Å². The number of hydrogen-bond donors (Lipinski definition) is 0. The van der Waals surface area contributed by atoms with Crippen molar-refractivity contribution in [2.45, 2.75) is 9.79 Å². The van der Waals surface area contributed by atoms with Gasteiger partial charge in [0, 0.05) is 9.79 Å². The smallest absolute Gasteiger partial charge is 0.0122 e. The summed E-state index contributed by atoms with van der Waals surface area (Å²) in [4.78, 5) is 2.57. The van der Waals surface area contributed by atoms with Gasteiger partial charge in [0.2, 0.25) is 0 Å². The van der Waals surface area contributed by atoms with Crippen LogP contribution in [0.15, 0.2) is 70.5 Å². The molecule has 0 amide bonds. The summed E-state index contributed by atoms with van der Waals surface area (Å²) in [5, 5.41) is 0. The van der Waals surface area contributed by atoms with Crippen molar-refractivity contribution < 1.29 is 0 Å². The van der Waals surface area contributed by atoms with Crippen LogP contribution in [-0.4, -0.2) is 12.5 Å². The Morgan fingerprint density at radius 2 is 0.941 bits per heavy atom. The highest BCUT2D eigenvalue weighted by molar-refractivity contribution is 8.76. The van der Waals surface area contributed by atoms with Gasteiger partial charge in [-0.15, -0.1) is 0 Å². The Hall–Kier alpha value is -0.510. The molecule has 0 nitrogen and oxygen atoms in total. The van der Waals surface area contributed by atoms with E-state index in [0.717, 1.165) is 0 Å². The molecule has 90 valence electrons. The lowest BCUT2D eigenvalue weighted by Crippen LogP contribution is -1.70. The van der Waals surface area contributed by atoms with Gasteiger partial charge in [0.15, 0.2) is 0 Å². The van der Waals surface area contributed by atoms with E-state index in [9.17, 15) is 0 Å². The van der Waals surface area contributed by atoms with E-state index in [4.69, 9.17) is 0 Å². The number of rotatable bonds is 3. The highest BCUT2D eigenvalue weighted by Gasteiger charge is 1.93. The maximum atomic E-state index is 2.12. The third kappa shape index (κ3) is 6.71. The lowest BCUT2D eigenvalue weighted by Gasteiger charge is -1.99. The molecule has 0 aliphatic rings. The van der Waals surface area contributed by atoms with E-state index in [1.807, 2.05) is 12.1 Å². The Morgan fingerprint density at radius 1 is 0.588 bits per heavy atom. The molecule has 0 bridgehead atoms. The zero-order chi connectivity index (χ0) is 12.3. The maximum Gasteiger partial charge on any atom is 0.0122 e. The summed E-state index contributed by atoms with van der Waals surface area (Å²) in [6.07, 6.45) is 4.12. The topological polar surface area (TPSA) is 0 Å². The van der Waals surface area contributed by atoms with Crippen molar-refractivity contribution in [1.29, 1.82) is 0 Å². The van der Waals surface area contributed by atoms with Gasteiger partial charge < -0.3 is 0 Å². The van der Waals surface area contributed by atoms with Crippen LogP contribution in [0.3, 0.4) is 0 Å². The number of hydrogen-bond acceptors (Lipinski definition) is 3. The van der Waals surface area contributed by atoms with Crippen molar-refractivity contribution in [3.05, 3.63) is 60.7 Å². The van der Waals surface area contributed by atoms with E-state index in [-0.39, 0.29) is 0 Å². The second-order valence-corrected chi connectivity index (χ2v) is 6.88. The average molecular weight is 280 g/mol. The summed E-state index contributed by atoms with van der Waals surface area (Å²) in [6, 6.07) is 20.8. The highest BCUT2D eigenvalue weighted by atomic mass is 33.1. The molecule has 0 saturated heterocycles. The second-order valence-electron chi connectivity index (χ2n) is 3.06. The van der Waals surface area contributed by atoms with E-state index in [0.29, 0.717) is 0 Å². The van der Waals surface area contributed by atoms with E-state index >= 15 is 0 Å². The van der Waals surface area contributed by atoms with Crippen molar-refractivity contribution in [3.63, 3.8) is 0 Å². The first-order valence-corrected chi connectivity index (χ1v) is 9.00. The molecule has 2 rings (SSSR count). The summed E-state index contributed by atoms with van der Waals surface area (Å²) >= 11 is 1.79. The normalized spacial score (nSPS) is 9.29. The zero-order valence-electron chi connectivity index (χ0n) is 10.00. The summed E-state index contributed by atoms with van der Waals surface area (Å²) in [6.45, 7) is 0. The van der Waals surface area contributed by atoms with Crippen LogP contribution in [-0.2, 0) is 0 Å². The minimum absolute atomic E-state index is 1.29. The fourth-order valence-electron chi connectivity index (χ4n) is 1.11. The third-order valence-corrected chi connectivity index (χ3v) is 4.24. The van der Waals surface area contributed by atoms with Crippen LogP contribution in [0, 0.1) is 0 Å². The molecule has 17 heavy (non-hydrogen) atoms. The molecule has 2 aromatic carbocycles. The van der Waals surface area contributed by atoms with E-state index in [1.165, 1.54) is 9.79 Å². The van der Waals surface area contributed by atoms with Gasteiger partial charge in [-0.2, -0.15) is 0 Å². The lowest BCUT2D eigenvalue weighted by atomic mass is 10.4.